The van der Waals surface area contributed by atoms with E-state index in [0.29, 0.717) is 0 Å². The molecule has 0 bridgehead atoms. The van der Waals surface area contributed by atoms with Crippen molar-refractivity contribution in [1.82, 2.24) is 9.88 Å². The number of amides is 1. The fraction of sp³-hybridized carbons (Fsp3) is 0.294. The van der Waals surface area contributed by atoms with Crippen LogP contribution in [0.15, 0.2) is 48.8 Å². The van der Waals surface area contributed by atoms with Crippen LogP contribution < -0.4 is 5.32 Å². The number of pyridine rings is 1. The molecule has 0 radical (unpaired) electrons. The first-order chi connectivity index (χ1) is 10.2. The molecule has 1 aromatic carbocycles. The predicted molar refractivity (Wildman–Crippen MR) is 83.0 cm³/mol. The van der Waals surface area contributed by atoms with Crippen LogP contribution in [-0.4, -0.2) is 21.8 Å². The van der Waals surface area contributed by atoms with Crippen molar-refractivity contribution in [3.05, 3.63) is 59.9 Å². The Morgan fingerprint density at radius 2 is 2.10 bits per heavy atom. The summed E-state index contributed by atoms with van der Waals surface area (Å²) < 4.78 is 0. The zero-order valence-electron chi connectivity index (χ0n) is 12.3. The second-order valence-electron chi connectivity index (χ2n) is 5.35. The normalized spacial score (nSPS) is 18.9. The highest BCUT2D eigenvalue weighted by Crippen LogP contribution is 2.34. The van der Waals surface area contributed by atoms with E-state index in [2.05, 4.69) is 24.1 Å². The summed E-state index contributed by atoms with van der Waals surface area (Å²) in [6, 6.07) is 11.7. The fourth-order valence-electron chi connectivity index (χ4n) is 2.70. The molecule has 4 heteroatoms. The molecule has 1 aromatic heterocycles. The van der Waals surface area contributed by atoms with Crippen LogP contribution in [0.1, 0.15) is 42.4 Å². The number of benzene rings is 1. The summed E-state index contributed by atoms with van der Waals surface area (Å²) in [6.07, 6.45) is 4.30. The predicted octanol–water partition coefficient (Wildman–Crippen LogP) is 3.45. The first-order valence-electron chi connectivity index (χ1n) is 7.30. The Kier molecular flexibility index (Phi) is 3.60. The molecule has 2 heterocycles. The second-order valence-corrected chi connectivity index (χ2v) is 5.35. The number of nitrogens with one attached hydrogen (secondary N) is 1. The highest BCUT2D eigenvalue weighted by Gasteiger charge is 2.35. The first-order valence-corrected chi connectivity index (χ1v) is 7.30. The summed E-state index contributed by atoms with van der Waals surface area (Å²) in [4.78, 5) is 19.0. The molecule has 0 saturated carbocycles. The topological polar surface area (TPSA) is 45.2 Å². The average molecular weight is 281 g/mol. The van der Waals surface area contributed by atoms with Crippen molar-refractivity contribution in [1.29, 1.82) is 0 Å². The van der Waals surface area contributed by atoms with Gasteiger partial charge in [0.15, 0.2) is 0 Å². The number of nitrogens with zero attached hydrogens (tertiary/aromatic N) is 2. The van der Waals surface area contributed by atoms with E-state index in [9.17, 15) is 4.79 Å². The maximum atomic E-state index is 12.9. The molecule has 1 aliphatic rings. The van der Waals surface area contributed by atoms with Gasteiger partial charge in [0, 0.05) is 29.7 Å². The summed E-state index contributed by atoms with van der Waals surface area (Å²) in [7, 11) is 0. The Morgan fingerprint density at radius 1 is 1.29 bits per heavy atom. The van der Waals surface area contributed by atoms with Crippen molar-refractivity contribution in [2.24, 2.45) is 0 Å². The average Bonchev–Trinajstić information content (AvgIpc) is 2.55. The third-order valence-corrected chi connectivity index (χ3v) is 4.03. The minimum atomic E-state index is -0.170. The van der Waals surface area contributed by atoms with Crippen molar-refractivity contribution < 1.29 is 4.79 Å². The molecule has 0 aliphatic carbocycles. The molecule has 2 aromatic rings. The molecule has 0 saturated heterocycles. The molecule has 0 fully saturated rings. The van der Waals surface area contributed by atoms with Gasteiger partial charge in [-0.2, -0.15) is 0 Å². The molecule has 0 unspecified atom stereocenters. The molecule has 4 nitrogen and oxygen atoms in total. The second kappa shape index (κ2) is 5.56. The quantitative estimate of drug-likeness (QED) is 0.937. The van der Waals surface area contributed by atoms with E-state index in [4.69, 9.17) is 0 Å². The third-order valence-electron chi connectivity index (χ3n) is 4.03. The number of carbonyl (C=O) groups is 1. The monoisotopic (exact) mass is 281 g/mol. The molecular formula is C17H19N3O. The van der Waals surface area contributed by atoms with Gasteiger partial charge in [-0.3, -0.25) is 9.78 Å². The van der Waals surface area contributed by atoms with Crippen LogP contribution in [0.3, 0.4) is 0 Å². The Hall–Kier alpha value is -2.36. The third kappa shape index (κ3) is 2.37. The molecule has 3 rings (SSSR count). The van der Waals surface area contributed by atoms with Gasteiger partial charge in [-0.05, 0) is 31.5 Å². The Balaban J connectivity index is 2.07. The highest BCUT2D eigenvalue weighted by atomic mass is 16.2. The van der Waals surface area contributed by atoms with E-state index in [1.165, 1.54) is 0 Å². The maximum Gasteiger partial charge on any atom is 0.258 e. The number of rotatable bonds is 3. The van der Waals surface area contributed by atoms with E-state index in [1.54, 1.807) is 6.20 Å². The van der Waals surface area contributed by atoms with E-state index in [-0.39, 0.29) is 18.1 Å². The van der Waals surface area contributed by atoms with Crippen molar-refractivity contribution in [2.75, 3.05) is 5.32 Å². The largest absolute Gasteiger partial charge is 0.361 e. The van der Waals surface area contributed by atoms with Gasteiger partial charge in [-0.15, -0.1) is 0 Å². The Morgan fingerprint density at radius 3 is 2.81 bits per heavy atom. The maximum absolute atomic E-state index is 12.9. The van der Waals surface area contributed by atoms with Gasteiger partial charge in [-0.1, -0.05) is 25.1 Å². The van der Waals surface area contributed by atoms with Crippen LogP contribution in [0.4, 0.5) is 5.69 Å². The number of hydrogen-bond donors (Lipinski definition) is 1. The van der Waals surface area contributed by atoms with Gasteiger partial charge in [0.05, 0.1) is 5.56 Å². The molecule has 1 aliphatic heterocycles. The lowest BCUT2D eigenvalue weighted by molar-refractivity contribution is 0.0593. The summed E-state index contributed by atoms with van der Waals surface area (Å²) in [5, 5.41) is 3.47. The fourth-order valence-corrected chi connectivity index (χ4v) is 2.70. The molecule has 1 amide bonds. The number of para-hydroxylation sites is 1. The highest BCUT2D eigenvalue weighted by molar-refractivity contribution is 6.01. The minimum Gasteiger partial charge on any atom is -0.361 e. The zero-order chi connectivity index (χ0) is 14.8. The number of anilines is 1. The molecule has 0 spiro atoms. The lowest BCUT2D eigenvalue weighted by atomic mass is 10.0. The van der Waals surface area contributed by atoms with Gasteiger partial charge < -0.3 is 10.2 Å². The van der Waals surface area contributed by atoms with Crippen molar-refractivity contribution in [2.45, 2.75) is 32.5 Å². The van der Waals surface area contributed by atoms with Gasteiger partial charge >= 0.3 is 0 Å². The van der Waals surface area contributed by atoms with Crippen LogP contribution >= 0.6 is 0 Å². The zero-order valence-corrected chi connectivity index (χ0v) is 12.3. The summed E-state index contributed by atoms with van der Waals surface area (Å²) in [5.74, 6) is 0.0764. The van der Waals surface area contributed by atoms with Crippen LogP contribution in [-0.2, 0) is 0 Å². The molecule has 108 valence electrons. The van der Waals surface area contributed by atoms with Crippen LogP contribution in [0.2, 0.25) is 0 Å². The van der Waals surface area contributed by atoms with Crippen molar-refractivity contribution in [3.8, 4) is 0 Å². The Labute approximate surface area is 124 Å². The number of hydrogen-bond acceptors (Lipinski definition) is 3. The standard InChI is InChI=1S/C17H19N3O/c1-3-12(2)20-16(13-7-6-10-18-11-13)19-15-9-5-4-8-14(15)17(20)21/h4-12,16,19H,3H2,1-2H3/t12-,16-/m0/s1. The SMILES string of the molecule is CC[C@H](C)N1C(=O)c2ccccc2N[C@@H]1c1cccnc1. The van der Waals surface area contributed by atoms with Crippen molar-refractivity contribution >= 4 is 11.6 Å². The van der Waals surface area contributed by atoms with Crippen LogP contribution in [0.25, 0.3) is 0 Å². The first kappa shape index (κ1) is 13.6. The molecule has 21 heavy (non-hydrogen) atoms. The number of carbonyl (C=O) groups excluding carboxylic acids is 1. The lowest BCUT2D eigenvalue weighted by Gasteiger charge is -2.41. The minimum absolute atomic E-state index is 0.0764. The Bertz CT molecular complexity index is 641. The number of fused-ring (bicyclic) bond motifs is 1. The van der Waals surface area contributed by atoms with Gasteiger partial charge in [0.25, 0.3) is 5.91 Å². The van der Waals surface area contributed by atoms with E-state index in [0.717, 1.165) is 23.2 Å². The molecular weight excluding hydrogens is 262 g/mol. The summed E-state index contributed by atoms with van der Waals surface area (Å²) in [6.45, 7) is 4.18. The van der Waals surface area contributed by atoms with Gasteiger partial charge in [0.2, 0.25) is 0 Å². The van der Waals surface area contributed by atoms with E-state index >= 15 is 0 Å². The van der Waals surface area contributed by atoms with Crippen LogP contribution in [0.5, 0.6) is 0 Å². The summed E-state index contributed by atoms with van der Waals surface area (Å²) in [5.41, 5.74) is 2.62. The summed E-state index contributed by atoms with van der Waals surface area (Å²) >= 11 is 0. The van der Waals surface area contributed by atoms with Crippen LogP contribution in [0, 0.1) is 0 Å². The van der Waals surface area contributed by atoms with Crippen molar-refractivity contribution in [3.63, 3.8) is 0 Å². The number of aromatic nitrogens is 1. The van der Waals surface area contributed by atoms with Gasteiger partial charge in [-0.25, -0.2) is 0 Å². The lowest BCUT2D eigenvalue weighted by Crippen LogP contribution is -2.47. The smallest absolute Gasteiger partial charge is 0.258 e. The van der Waals surface area contributed by atoms with E-state index < -0.39 is 0 Å². The van der Waals surface area contributed by atoms with Gasteiger partial charge in [0.1, 0.15) is 6.17 Å². The van der Waals surface area contributed by atoms with E-state index in [1.807, 2.05) is 47.5 Å². The molecule has 2 atom stereocenters. The molecule has 1 N–H and O–H groups in total.